The second kappa shape index (κ2) is 8.32. The van der Waals surface area contributed by atoms with Crippen molar-refractivity contribution < 1.29 is 14.5 Å². The first-order chi connectivity index (χ1) is 12.9. The second-order valence-corrected chi connectivity index (χ2v) is 7.31. The maximum atomic E-state index is 12.1. The highest BCUT2D eigenvalue weighted by atomic mass is 35.5. The number of nitro groups is 1. The van der Waals surface area contributed by atoms with Crippen LogP contribution in [0.15, 0.2) is 36.4 Å². The zero-order valence-electron chi connectivity index (χ0n) is 14.4. The Bertz CT molecular complexity index is 1010. The van der Waals surface area contributed by atoms with Crippen molar-refractivity contribution in [2.75, 3.05) is 11.9 Å². The number of nitrogens with zero attached hydrogens (tertiary/aromatic N) is 2. The molecule has 0 bridgehead atoms. The SMILES string of the molecule is Cc1cc(Cl)ccc1OCCCC(=O)Nc1nc2ccc([N+](=O)[O-])cc2s1. The van der Waals surface area contributed by atoms with Gasteiger partial charge in [0.2, 0.25) is 5.91 Å². The van der Waals surface area contributed by atoms with E-state index < -0.39 is 4.92 Å². The molecule has 0 unspecified atom stereocenters. The molecule has 2 aromatic carbocycles. The molecule has 3 aromatic rings. The van der Waals surface area contributed by atoms with Crippen molar-refractivity contribution in [2.45, 2.75) is 19.8 Å². The minimum atomic E-state index is -0.459. The fraction of sp³-hybridized carbons (Fsp3) is 0.222. The largest absolute Gasteiger partial charge is 0.493 e. The Hall–Kier alpha value is -2.71. The topological polar surface area (TPSA) is 94.4 Å². The molecule has 0 aliphatic rings. The molecule has 0 aliphatic heterocycles. The average Bonchev–Trinajstić information content (AvgIpc) is 3.01. The van der Waals surface area contributed by atoms with Crippen LogP contribution in [0.3, 0.4) is 0 Å². The number of ether oxygens (including phenoxy) is 1. The molecule has 7 nitrogen and oxygen atoms in total. The summed E-state index contributed by atoms with van der Waals surface area (Å²) in [5.74, 6) is 0.563. The second-order valence-electron chi connectivity index (χ2n) is 5.84. The lowest BCUT2D eigenvalue weighted by molar-refractivity contribution is -0.384. The smallest absolute Gasteiger partial charge is 0.270 e. The summed E-state index contributed by atoms with van der Waals surface area (Å²) in [5.41, 5.74) is 1.55. The summed E-state index contributed by atoms with van der Waals surface area (Å²) in [6, 6.07) is 9.80. The Kier molecular flexibility index (Phi) is 5.88. The Morgan fingerprint density at radius 3 is 2.89 bits per heavy atom. The molecule has 0 atom stereocenters. The molecule has 0 saturated carbocycles. The third-order valence-corrected chi connectivity index (χ3v) is 4.94. The van der Waals surface area contributed by atoms with E-state index >= 15 is 0 Å². The van der Waals surface area contributed by atoms with E-state index in [0.717, 1.165) is 11.3 Å². The molecule has 0 spiro atoms. The van der Waals surface area contributed by atoms with Crippen LogP contribution >= 0.6 is 22.9 Å². The fourth-order valence-electron chi connectivity index (χ4n) is 2.45. The molecule has 9 heteroatoms. The summed E-state index contributed by atoms with van der Waals surface area (Å²) in [4.78, 5) is 26.7. The monoisotopic (exact) mass is 405 g/mol. The number of aromatic nitrogens is 1. The Morgan fingerprint density at radius 1 is 1.33 bits per heavy atom. The van der Waals surface area contributed by atoms with Gasteiger partial charge in [0.15, 0.2) is 5.13 Å². The van der Waals surface area contributed by atoms with Gasteiger partial charge in [-0.3, -0.25) is 14.9 Å². The number of nitrogens with one attached hydrogen (secondary N) is 1. The van der Waals surface area contributed by atoms with E-state index in [-0.39, 0.29) is 18.0 Å². The van der Waals surface area contributed by atoms with Crippen LogP contribution in [-0.2, 0) is 4.79 Å². The molecular weight excluding hydrogens is 390 g/mol. The van der Waals surface area contributed by atoms with E-state index in [1.165, 1.54) is 23.5 Å². The van der Waals surface area contributed by atoms with E-state index in [1.54, 1.807) is 18.2 Å². The quantitative estimate of drug-likeness (QED) is 0.340. The molecule has 1 amide bonds. The lowest BCUT2D eigenvalue weighted by atomic mass is 10.2. The highest BCUT2D eigenvalue weighted by Gasteiger charge is 2.12. The highest BCUT2D eigenvalue weighted by molar-refractivity contribution is 7.22. The molecule has 3 rings (SSSR count). The molecular formula is C18H16ClN3O4S. The molecule has 140 valence electrons. The van der Waals surface area contributed by atoms with Crippen LogP contribution in [0.4, 0.5) is 10.8 Å². The van der Waals surface area contributed by atoms with Crippen molar-refractivity contribution in [3.05, 3.63) is 57.1 Å². The number of carbonyl (C=O) groups is 1. The van der Waals surface area contributed by atoms with Gasteiger partial charge in [0, 0.05) is 23.6 Å². The summed E-state index contributed by atoms with van der Waals surface area (Å²) >= 11 is 7.11. The van der Waals surface area contributed by atoms with E-state index in [2.05, 4.69) is 10.3 Å². The maximum absolute atomic E-state index is 12.1. The molecule has 0 fully saturated rings. The first-order valence-electron chi connectivity index (χ1n) is 8.16. The number of fused-ring (bicyclic) bond motifs is 1. The third-order valence-electron chi connectivity index (χ3n) is 3.77. The minimum Gasteiger partial charge on any atom is -0.493 e. The standard InChI is InChI=1S/C18H16ClN3O4S/c1-11-9-12(19)4-7-15(11)26-8-2-3-17(23)21-18-20-14-6-5-13(22(24)25)10-16(14)27-18/h4-7,9-10H,2-3,8H2,1H3,(H,20,21,23). The van der Waals surface area contributed by atoms with Gasteiger partial charge < -0.3 is 10.1 Å². The summed E-state index contributed by atoms with van der Waals surface area (Å²) in [7, 11) is 0. The molecule has 1 heterocycles. The summed E-state index contributed by atoms with van der Waals surface area (Å²) in [6.45, 7) is 2.31. The highest BCUT2D eigenvalue weighted by Crippen LogP contribution is 2.29. The number of nitro benzene ring substituents is 1. The first kappa shape index (κ1) is 19.1. The van der Waals surface area contributed by atoms with Gasteiger partial charge >= 0.3 is 0 Å². The van der Waals surface area contributed by atoms with E-state index in [1.807, 2.05) is 13.0 Å². The maximum Gasteiger partial charge on any atom is 0.270 e. The van der Waals surface area contributed by atoms with Crippen LogP contribution < -0.4 is 10.1 Å². The number of thiazole rings is 1. The van der Waals surface area contributed by atoms with Crippen molar-refractivity contribution in [1.82, 2.24) is 4.98 Å². The summed E-state index contributed by atoms with van der Waals surface area (Å²) in [5, 5.41) is 14.6. The predicted octanol–water partition coefficient (Wildman–Crippen LogP) is 4.96. The van der Waals surface area contributed by atoms with Crippen LogP contribution in [0.5, 0.6) is 5.75 Å². The van der Waals surface area contributed by atoms with Gasteiger partial charge in [-0.25, -0.2) is 4.98 Å². The molecule has 1 N–H and O–H groups in total. The predicted molar refractivity (Wildman–Crippen MR) is 106 cm³/mol. The van der Waals surface area contributed by atoms with Crippen molar-refractivity contribution in [3.8, 4) is 5.75 Å². The van der Waals surface area contributed by atoms with Crippen molar-refractivity contribution >= 4 is 49.9 Å². The summed E-state index contributed by atoms with van der Waals surface area (Å²) in [6.07, 6.45) is 0.826. The van der Waals surface area contributed by atoms with Crippen LogP contribution in [0.25, 0.3) is 10.2 Å². The Balaban J connectivity index is 1.50. The van der Waals surface area contributed by atoms with Crippen LogP contribution in [0.1, 0.15) is 18.4 Å². The van der Waals surface area contributed by atoms with Gasteiger partial charge in [0.25, 0.3) is 5.69 Å². The van der Waals surface area contributed by atoms with Gasteiger partial charge in [-0.1, -0.05) is 22.9 Å². The van der Waals surface area contributed by atoms with E-state index in [0.29, 0.717) is 33.4 Å². The number of anilines is 1. The molecule has 0 aliphatic carbocycles. The molecule has 0 radical (unpaired) electrons. The van der Waals surface area contributed by atoms with Gasteiger partial charge in [0.1, 0.15) is 5.75 Å². The number of non-ortho nitro benzene ring substituents is 1. The average molecular weight is 406 g/mol. The molecule has 0 saturated heterocycles. The number of carbonyl (C=O) groups excluding carboxylic acids is 1. The van der Waals surface area contributed by atoms with Gasteiger partial charge in [-0.05, 0) is 43.2 Å². The minimum absolute atomic E-state index is 0.00123. The zero-order chi connectivity index (χ0) is 19.4. The van der Waals surface area contributed by atoms with Gasteiger partial charge in [0.05, 0.1) is 21.7 Å². The van der Waals surface area contributed by atoms with Gasteiger partial charge in [-0.2, -0.15) is 0 Å². The number of rotatable bonds is 7. The van der Waals surface area contributed by atoms with Crippen LogP contribution in [0.2, 0.25) is 5.02 Å². The number of amides is 1. The molecule has 27 heavy (non-hydrogen) atoms. The van der Waals surface area contributed by atoms with Crippen molar-refractivity contribution in [1.29, 1.82) is 0 Å². The number of hydrogen-bond donors (Lipinski definition) is 1. The fourth-order valence-corrected chi connectivity index (χ4v) is 3.59. The van der Waals surface area contributed by atoms with E-state index in [4.69, 9.17) is 16.3 Å². The Morgan fingerprint density at radius 2 is 2.15 bits per heavy atom. The third kappa shape index (κ3) is 4.93. The lowest BCUT2D eigenvalue weighted by Gasteiger charge is -2.09. The van der Waals surface area contributed by atoms with Crippen molar-refractivity contribution in [3.63, 3.8) is 0 Å². The van der Waals surface area contributed by atoms with Crippen molar-refractivity contribution in [2.24, 2.45) is 0 Å². The van der Waals surface area contributed by atoms with Gasteiger partial charge in [-0.15, -0.1) is 0 Å². The zero-order valence-corrected chi connectivity index (χ0v) is 16.0. The lowest BCUT2D eigenvalue weighted by Crippen LogP contribution is -2.12. The summed E-state index contributed by atoms with van der Waals surface area (Å²) < 4.78 is 6.31. The Labute approximate surface area is 164 Å². The number of hydrogen-bond acceptors (Lipinski definition) is 6. The first-order valence-corrected chi connectivity index (χ1v) is 9.35. The van der Waals surface area contributed by atoms with Crippen LogP contribution in [0, 0.1) is 17.0 Å². The normalized spacial score (nSPS) is 10.7. The number of aryl methyl sites for hydroxylation is 1. The van der Waals surface area contributed by atoms with Crippen LogP contribution in [-0.4, -0.2) is 22.4 Å². The van der Waals surface area contributed by atoms with E-state index in [9.17, 15) is 14.9 Å². The molecule has 1 aromatic heterocycles. The number of halogens is 1. The number of benzene rings is 2.